The monoisotopic (exact) mass is 336 g/mol. The Labute approximate surface area is 145 Å². The SMILES string of the molecule is CCCCC[C@H](O)/C=C/C=C/C=C/[C@@H](O)CC=CCCCC(=O)O. The van der Waals surface area contributed by atoms with Crippen LogP contribution in [0.4, 0.5) is 0 Å². The summed E-state index contributed by atoms with van der Waals surface area (Å²) in [6.45, 7) is 2.14. The largest absolute Gasteiger partial charge is 0.481 e. The lowest BCUT2D eigenvalue weighted by molar-refractivity contribution is -0.137. The molecule has 0 saturated heterocycles. The van der Waals surface area contributed by atoms with Crippen LogP contribution in [0.3, 0.4) is 0 Å². The van der Waals surface area contributed by atoms with Gasteiger partial charge in [-0.2, -0.15) is 0 Å². The summed E-state index contributed by atoms with van der Waals surface area (Å²) in [6, 6.07) is 0. The number of rotatable bonds is 14. The van der Waals surface area contributed by atoms with E-state index in [1.54, 1.807) is 18.2 Å². The first-order valence-corrected chi connectivity index (χ1v) is 8.80. The molecule has 136 valence electrons. The van der Waals surface area contributed by atoms with Crippen molar-refractivity contribution in [2.45, 2.75) is 70.5 Å². The van der Waals surface area contributed by atoms with E-state index in [1.165, 1.54) is 0 Å². The second-order valence-electron chi connectivity index (χ2n) is 5.78. The summed E-state index contributed by atoms with van der Waals surface area (Å²) in [5, 5.41) is 27.9. The first-order valence-electron chi connectivity index (χ1n) is 8.80. The number of carboxylic acids is 1. The molecule has 4 nitrogen and oxygen atoms in total. The summed E-state index contributed by atoms with van der Waals surface area (Å²) in [4.78, 5) is 10.3. The predicted octanol–water partition coefficient (Wildman–Crippen LogP) is 4.16. The molecule has 0 aliphatic carbocycles. The van der Waals surface area contributed by atoms with Gasteiger partial charge in [-0.25, -0.2) is 0 Å². The van der Waals surface area contributed by atoms with Gasteiger partial charge in [-0.1, -0.05) is 74.8 Å². The van der Waals surface area contributed by atoms with Crippen LogP contribution < -0.4 is 0 Å². The van der Waals surface area contributed by atoms with Gasteiger partial charge in [0, 0.05) is 6.42 Å². The minimum Gasteiger partial charge on any atom is -0.481 e. The van der Waals surface area contributed by atoms with Crippen LogP contribution in [0.2, 0.25) is 0 Å². The molecule has 2 atom stereocenters. The molecule has 0 aliphatic rings. The molecule has 0 aromatic heterocycles. The summed E-state index contributed by atoms with van der Waals surface area (Å²) in [5.41, 5.74) is 0. The van der Waals surface area contributed by atoms with Gasteiger partial charge in [0.15, 0.2) is 0 Å². The van der Waals surface area contributed by atoms with Crippen LogP contribution in [-0.4, -0.2) is 33.5 Å². The second kappa shape index (κ2) is 16.2. The highest BCUT2D eigenvalue weighted by atomic mass is 16.4. The lowest BCUT2D eigenvalue weighted by Crippen LogP contribution is -2.00. The van der Waals surface area contributed by atoms with Crippen molar-refractivity contribution in [1.29, 1.82) is 0 Å². The fraction of sp³-hybridized carbons (Fsp3) is 0.550. The van der Waals surface area contributed by atoms with E-state index < -0.39 is 12.1 Å². The highest BCUT2D eigenvalue weighted by molar-refractivity contribution is 5.66. The standard InChI is InChI=1S/C20H32O4/c1-2-3-8-13-18(21)14-9-4-5-10-15-19(22)16-11-6-7-12-17-20(23)24/h4-6,9-11,14-15,18-19,21-22H,2-3,7-8,12-13,16-17H2,1H3,(H,23,24)/b5-4+,11-6?,14-9+,15-10+/t18-,19+/m0/s1. The number of allylic oxidation sites excluding steroid dienone is 5. The van der Waals surface area contributed by atoms with Crippen molar-refractivity contribution in [3.63, 3.8) is 0 Å². The normalized spacial score (nSPS) is 15.1. The topological polar surface area (TPSA) is 77.8 Å². The van der Waals surface area contributed by atoms with Gasteiger partial charge in [0.2, 0.25) is 0 Å². The van der Waals surface area contributed by atoms with Crippen molar-refractivity contribution < 1.29 is 20.1 Å². The highest BCUT2D eigenvalue weighted by Gasteiger charge is 1.97. The minimum absolute atomic E-state index is 0.179. The Morgan fingerprint density at radius 3 is 2.21 bits per heavy atom. The molecule has 0 unspecified atom stereocenters. The van der Waals surface area contributed by atoms with E-state index in [-0.39, 0.29) is 12.5 Å². The zero-order valence-corrected chi connectivity index (χ0v) is 14.7. The predicted molar refractivity (Wildman–Crippen MR) is 98.8 cm³/mol. The van der Waals surface area contributed by atoms with E-state index in [2.05, 4.69) is 6.92 Å². The molecular formula is C20H32O4. The first-order chi connectivity index (χ1) is 11.6. The third-order valence-corrected chi connectivity index (χ3v) is 3.41. The molecule has 0 aliphatic heterocycles. The van der Waals surface area contributed by atoms with Gasteiger partial charge in [-0.15, -0.1) is 0 Å². The molecule has 0 fully saturated rings. The Hall–Kier alpha value is -1.65. The Bertz CT molecular complexity index is 421. The molecule has 0 saturated carbocycles. The van der Waals surface area contributed by atoms with Crippen LogP contribution in [0.5, 0.6) is 0 Å². The highest BCUT2D eigenvalue weighted by Crippen LogP contribution is 2.04. The zero-order valence-electron chi connectivity index (χ0n) is 14.7. The molecule has 24 heavy (non-hydrogen) atoms. The van der Waals surface area contributed by atoms with E-state index in [0.717, 1.165) is 25.7 Å². The fourth-order valence-electron chi connectivity index (χ4n) is 2.02. The van der Waals surface area contributed by atoms with E-state index in [4.69, 9.17) is 5.11 Å². The smallest absolute Gasteiger partial charge is 0.303 e. The number of carboxylic acid groups (broad SMARTS) is 1. The Morgan fingerprint density at radius 2 is 1.58 bits per heavy atom. The van der Waals surface area contributed by atoms with Crippen molar-refractivity contribution >= 4 is 5.97 Å². The van der Waals surface area contributed by atoms with Crippen LogP contribution in [-0.2, 0) is 4.79 Å². The van der Waals surface area contributed by atoms with Gasteiger partial charge >= 0.3 is 5.97 Å². The van der Waals surface area contributed by atoms with Gasteiger partial charge in [0.1, 0.15) is 0 Å². The lowest BCUT2D eigenvalue weighted by Gasteiger charge is -2.02. The summed E-state index contributed by atoms with van der Waals surface area (Å²) in [7, 11) is 0. The van der Waals surface area contributed by atoms with Crippen LogP contribution >= 0.6 is 0 Å². The second-order valence-corrected chi connectivity index (χ2v) is 5.78. The summed E-state index contributed by atoms with van der Waals surface area (Å²) in [6.07, 6.45) is 19.7. The fourth-order valence-corrected chi connectivity index (χ4v) is 2.02. The molecule has 0 aromatic rings. The van der Waals surface area contributed by atoms with Crippen LogP contribution in [0, 0.1) is 0 Å². The van der Waals surface area contributed by atoms with Gasteiger partial charge in [-0.05, 0) is 25.7 Å². The maximum Gasteiger partial charge on any atom is 0.303 e. The minimum atomic E-state index is -0.777. The van der Waals surface area contributed by atoms with Gasteiger partial charge in [0.05, 0.1) is 12.2 Å². The molecule has 0 spiro atoms. The van der Waals surface area contributed by atoms with Crippen molar-refractivity contribution in [2.75, 3.05) is 0 Å². The Balaban J connectivity index is 3.80. The molecule has 3 N–H and O–H groups in total. The summed E-state index contributed by atoms with van der Waals surface area (Å²) < 4.78 is 0. The van der Waals surface area contributed by atoms with Gasteiger partial charge in [-0.3, -0.25) is 4.79 Å². The summed E-state index contributed by atoms with van der Waals surface area (Å²) >= 11 is 0. The average Bonchev–Trinajstić information content (AvgIpc) is 2.54. The van der Waals surface area contributed by atoms with Crippen molar-refractivity contribution in [1.82, 2.24) is 0 Å². The number of carbonyl (C=O) groups is 1. The third-order valence-electron chi connectivity index (χ3n) is 3.41. The molecule has 0 radical (unpaired) electrons. The number of hydrogen-bond acceptors (Lipinski definition) is 3. The quantitative estimate of drug-likeness (QED) is 0.253. The Kier molecular flexibility index (Phi) is 15.1. The third kappa shape index (κ3) is 16.7. The van der Waals surface area contributed by atoms with Crippen molar-refractivity contribution in [3.8, 4) is 0 Å². The van der Waals surface area contributed by atoms with Crippen LogP contribution in [0.1, 0.15) is 58.3 Å². The number of aliphatic hydroxyl groups excluding tert-OH is 2. The van der Waals surface area contributed by atoms with E-state index in [1.807, 2.05) is 30.4 Å². The lowest BCUT2D eigenvalue weighted by atomic mass is 10.1. The first kappa shape index (κ1) is 22.4. The number of aliphatic hydroxyl groups is 2. The number of hydrogen-bond donors (Lipinski definition) is 3. The maximum absolute atomic E-state index is 10.3. The molecule has 4 heteroatoms. The molecular weight excluding hydrogens is 304 g/mol. The van der Waals surface area contributed by atoms with E-state index in [0.29, 0.717) is 19.3 Å². The maximum atomic E-state index is 10.3. The Morgan fingerprint density at radius 1 is 0.917 bits per heavy atom. The zero-order chi connectivity index (χ0) is 18.0. The molecule has 0 aromatic carbocycles. The van der Waals surface area contributed by atoms with Crippen LogP contribution in [0.25, 0.3) is 0 Å². The summed E-state index contributed by atoms with van der Waals surface area (Å²) in [5.74, 6) is -0.777. The van der Waals surface area contributed by atoms with Crippen molar-refractivity contribution in [3.05, 3.63) is 48.6 Å². The van der Waals surface area contributed by atoms with E-state index in [9.17, 15) is 15.0 Å². The van der Waals surface area contributed by atoms with Gasteiger partial charge < -0.3 is 15.3 Å². The molecule has 0 bridgehead atoms. The average molecular weight is 336 g/mol. The molecule has 0 rings (SSSR count). The van der Waals surface area contributed by atoms with Gasteiger partial charge in [0.25, 0.3) is 0 Å². The number of unbranched alkanes of at least 4 members (excludes halogenated alkanes) is 3. The van der Waals surface area contributed by atoms with E-state index >= 15 is 0 Å². The van der Waals surface area contributed by atoms with Crippen LogP contribution in [0.15, 0.2) is 48.6 Å². The molecule has 0 amide bonds. The molecule has 0 heterocycles. The number of aliphatic carboxylic acids is 1. The van der Waals surface area contributed by atoms with Crippen molar-refractivity contribution in [2.24, 2.45) is 0 Å².